The molecule has 14 aromatic rings. The number of aromatic carboxylic acids is 1. The van der Waals surface area contributed by atoms with Crippen LogP contribution >= 0.6 is 0 Å². The van der Waals surface area contributed by atoms with Gasteiger partial charge in [0.05, 0.1) is 45.0 Å². The second-order valence-corrected chi connectivity index (χ2v) is 33.3. The zero-order chi connectivity index (χ0) is 109. The van der Waals surface area contributed by atoms with Gasteiger partial charge in [-0.3, -0.25) is 9.59 Å². The molecule has 14 rings (SSSR count). The number of amides is 1. The first-order chi connectivity index (χ1) is 70.2. The lowest BCUT2D eigenvalue weighted by Crippen LogP contribution is -2.23. The molecular formula is C107H101F18N9O15. The molecule has 0 aliphatic heterocycles. The van der Waals surface area contributed by atoms with E-state index in [0.29, 0.717) is 91.7 Å². The highest BCUT2D eigenvalue weighted by molar-refractivity contribution is 5.94. The molecule has 149 heavy (non-hydrogen) atoms. The summed E-state index contributed by atoms with van der Waals surface area (Å²) in [5.41, 5.74) is 11.5. The van der Waals surface area contributed by atoms with Crippen molar-refractivity contribution in [2.45, 2.75) is 158 Å². The minimum Gasteiger partial charge on any atom is -0.508 e. The molecule has 2 atom stereocenters. The molecule has 790 valence electrons. The minimum atomic E-state index is -4.76. The van der Waals surface area contributed by atoms with Gasteiger partial charge in [0, 0.05) is 111 Å². The third-order valence-electron chi connectivity index (χ3n) is 21.5. The Hall–Kier alpha value is -16.4. The average molecular weight is 2090 g/mol. The lowest BCUT2D eigenvalue weighted by Gasteiger charge is -2.16. The van der Waals surface area contributed by atoms with Crippen molar-refractivity contribution < 1.29 is 151 Å². The predicted octanol–water partition coefficient (Wildman–Crippen LogP) is 26.5. The number of halogens is 18. The minimum absolute atomic E-state index is 0.0552. The summed E-state index contributed by atoms with van der Waals surface area (Å²) in [7, 11) is 0. The van der Waals surface area contributed by atoms with Gasteiger partial charge in [-0.15, -0.1) is 85.5 Å². The van der Waals surface area contributed by atoms with E-state index in [1.54, 1.807) is 86.3 Å². The number of aromatic hydroxyl groups is 1. The number of carbonyl (C=O) groups excluding carboxylic acids is 2. The van der Waals surface area contributed by atoms with E-state index in [2.05, 4.69) is 72.6 Å². The van der Waals surface area contributed by atoms with Crippen LogP contribution in [0.5, 0.6) is 51.7 Å². The van der Waals surface area contributed by atoms with Gasteiger partial charge in [0.15, 0.2) is 0 Å². The summed E-state index contributed by atoms with van der Waals surface area (Å²) in [5.74, 6) is 2.68. The second-order valence-electron chi connectivity index (χ2n) is 33.3. The Kier molecular flexibility index (Phi) is 41.8. The van der Waals surface area contributed by atoms with Crippen molar-refractivity contribution in [3.05, 3.63) is 329 Å². The summed E-state index contributed by atoms with van der Waals surface area (Å²) in [6, 6.07) is 61.5. The molecule has 0 saturated carbocycles. The van der Waals surface area contributed by atoms with Crippen molar-refractivity contribution in [3.63, 3.8) is 0 Å². The van der Waals surface area contributed by atoms with E-state index in [4.69, 9.17) is 26.1 Å². The van der Waals surface area contributed by atoms with Crippen molar-refractivity contribution in [3.8, 4) is 110 Å². The molecule has 4 N–H and O–H groups in total. The molecular weight excluding hydrogens is 1990 g/mol. The summed E-state index contributed by atoms with van der Waals surface area (Å²) in [6.07, 6.45) is -12.6. The quantitative estimate of drug-likeness (QED) is 0.0163. The number of terminal acetylenes is 1. The molecule has 0 bridgehead atoms. The van der Waals surface area contributed by atoms with Gasteiger partial charge >= 0.3 is 50.1 Å². The van der Waals surface area contributed by atoms with Crippen LogP contribution in [0.2, 0.25) is 0 Å². The average Bonchev–Trinajstić information content (AvgIpc) is 1.69. The first-order valence-corrected chi connectivity index (χ1v) is 45.4. The first kappa shape index (κ1) is 116. The third kappa shape index (κ3) is 39.8. The number of carboxylic acid groups (broad SMARTS) is 2. The van der Waals surface area contributed by atoms with Gasteiger partial charge in [-0.25, -0.2) is 24.7 Å². The first-order valence-electron chi connectivity index (χ1n) is 45.4. The number of carbonyl (C=O) groups is 4. The molecule has 4 heterocycles. The van der Waals surface area contributed by atoms with Crippen LogP contribution in [-0.4, -0.2) is 135 Å². The number of aryl methyl sites for hydroxylation is 5. The zero-order valence-electron chi connectivity index (χ0n) is 80.9. The Labute approximate surface area is 843 Å². The molecule has 24 nitrogen and oxygen atoms in total. The second kappa shape index (κ2) is 53.6. The van der Waals surface area contributed by atoms with E-state index < -0.39 is 61.8 Å². The number of para-hydroxylation sites is 3. The molecule has 0 aliphatic carbocycles. The number of nitrogens with one attached hydrogen (secondary N) is 1. The van der Waals surface area contributed by atoms with E-state index in [1.807, 2.05) is 133 Å². The van der Waals surface area contributed by atoms with Gasteiger partial charge in [-0.05, 0) is 254 Å². The van der Waals surface area contributed by atoms with Crippen molar-refractivity contribution in [2.24, 2.45) is 11.8 Å². The van der Waals surface area contributed by atoms with Crippen molar-refractivity contribution in [2.75, 3.05) is 19.8 Å². The maximum Gasteiger partial charge on any atom is 0.573 e. The standard InChI is InChI=1S/C26H29F3N2O3.C25H27F3N2O4.C19H17F3N2O.C18H15F3N2O2.C11H8F3NO2.C8H5F3O3/c1-18(15-20(3)32)7-6-14-33-24-9-5-4-8-22(24)17-31-19(2)16-30-25(31)21-10-12-23(13-11-21)34-26(27,28)29;1-17(14-23(31)32)6-5-13-33-22-8-4-3-7-20(22)16-30-18(2)15-29-24(30)19-9-11-21(12-10-19)34-25(26,27)28;1-13-5-3-4-6-16(13)12-24-14(2)11-23-18(24)15-7-9-17(10-8-15)25-19(20,21)22;1-12-10-22-17(23(12)11-14-4-2-3-5-16(14)24)13-6-8-15(9-7-13)25-18(19,20)21;1-2-7-15-10(16)8-3-5-9(6-4-8)17-11(12,13)14;9-8(10,11)14-6-3-1-5(2-4-6)7(12)13/h4-5,8-13,16,18H,6-7,14-15,17H2,1-3H3;3-4,7-12,15,17H,5-6,13-14,16H2,1-2H3,(H,31,32);3-11H,12H2,1-2H3;2-10,24H,11H2,1H3;1,3-6H,7H2,(H,15,16);1-4H,(H,12,13)/t18-;17-;;;;/m11..../s1. The Balaban J connectivity index is 0.000000203. The smallest absolute Gasteiger partial charge is 0.508 e. The largest absolute Gasteiger partial charge is 0.573 e. The van der Waals surface area contributed by atoms with Gasteiger partial charge < -0.3 is 81.6 Å². The van der Waals surface area contributed by atoms with Crippen LogP contribution < -0.4 is 43.2 Å². The van der Waals surface area contributed by atoms with Gasteiger partial charge in [-0.1, -0.05) is 98.6 Å². The number of aliphatic carboxylic acids is 1. The van der Waals surface area contributed by atoms with Crippen LogP contribution in [0.1, 0.15) is 131 Å². The monoisotopic (exact) mass is 2090 g/mol. The Morgan fingerprint density at radius 1 is 0.362 bits per heavy atom. The molecule has 0 radical (unpaired) electrons. The number of ketones is 1. The van der Waals surface area contributed by atoms with E-state index in [0.717, 1.165) is 119 Å². The molecule has 0 unspecified atom stereocenters. The molecule has 0 aliphatic rings. The number of nitrogens with zero attached hydrogens (tertiary/aromatic N) is 8. The fraction of sp³-hybridized carbons (Fsp3) is 0.271. The molecule has 1 amide bonds. The number of hydrogen-bond acceptors (Lipinski definition) is 17. The number of imidazole rings is 4. The van der Waals surface area contributed by atoms with Crippen LogP contribution in [0, 0.1) is 58.8 Å². The predicted molar refractivity (Wildman–Crippen MR) is 515 cm³/mol. The number of benzene rings is 10. The zero-order valence-corrected chi connectivity index (χ0v) is 80.9. The van der Waals surface area contributed by atoms with Crippen LogP contribution in [0.25, 0.3) is 45.6 Å². The number of phenolic OH excluding ortho intramolecular Hbond substituents is 1. The van der Waals surface area contributed by atoms with Crippen LogP contribution in [0.3, 0.4) is 0 Å². The number of carboxylic acids is 2. The highest BCUT2D eigenvalue weighted by atomic mass is 19.4. The molecule has 4 aromatic heterocycles. The van der Waals surface area contributed by atoms with Gasteiger partial charge in [-0.2, -0.15) is 0 Å². The van der Waals surface area contributed by atoms with Crippen LogP contribution in [0.15, 0.2) is 267 Å². The number of hydrogen-bond donors (Lipinski definition) is 4. The summed E-state index contributed by atoms with van der Waals surface area (Å²) in [6.45, 7) is 18.4. The van der Waals surface area contributed by atoms with E-state index in [1.165, 1.54) is 83.9 Å². The summed E-state index contributed by atoms with van der Waals surface area (Å²) >= 11 is 0. The van der Waals surface area contributed by atoms with E-state index in [9.17, 15) is 103 Å². The summed E-state index contributed by atoms with van der Waals surface area (Å²) < 4.78 is 262. The van der Waals surface area contributed by atoms with Gasteiger partial charge in [0.25, 0.3) is 5.91 Å². The Morgan fingerprint density at radius 3 is 0.919 bits per heavy atom. The fourth-order valence-electron chi connectivity index (χ4n) is 14.5. The normalized spacial score (nSPS) is 11.8. The lowest BCUT2D eigenvalue weighted by molar-refractivity contribution is -0.275. The topological polar surface area (TPSA) is 286 Å². The highest BCUT2D eigenvalue weighted by Gasteiger charge is 2.36. The summed E-state index contributed by atoms with van der Waals surface area (Å²) in [4.78, 5) is 61.4. The van der Waals surface area contributed by atoms with Gasteiger partial charge in [0.1, 0.15) is 80.8 Å². The third-order valence-corrected chi connectivity index (χ3v) is 21.5. The van der Waals surface area contributed by atoms with Crippen molar-refractivity contribution in [1.82, 2.24) is 43.5 Å². The van der Waals surface area contributed by atoms with E-state index in [-0.39, 0.29) is 70.3 Å². The number of alkyl halides is 18. The fourth-order valence-corrected chi connectivity index (χ4v) is 14.5. The van der Waals surface area contributed by atoms with Crippen LogP contribution in [-0.2, 0) is 35.8 Å². The van der Waals surface area contributed by atoms with E-state index >= 15 is 0 Å². The summed E-state index contributed by atoms with van der Waals surface area (Å²) in [5, 5.41) is 29.6. The molecule has 0 fully saturated rings. The van der Waals surface area contributed by atoms with Crippen molar-refractivity contribution in [1.29, 1.82) is 0 Å². The molecule has 0 spiro atoms. The lowest BCUT2D eigenvalue weighted by atomic mass is 10.00. The molecule has 0 saturated heterocycles. The maximum atomic E-state index is 12.4. The molecule has 42 heteroatoms. The number of rotatable bonds is 35. The Morgan fingerprint density at radius 2 is 0.631 bits per heavy atom. The molecule has 10 aromatic carbocycles. The number of aromatic nitrogens is 8. The van der Waals surface area contributed by atoms with Crippen LogP contribution in [0.4, 0.5) is 79.0 Å². The number of Topliss-reactive ketones (excluding diaryl/α,β-unsaturated/α-hetero) is 1. The number of phenols is 1. The highest BCUT2D eigenvalue weighted by Crippen LogP contribution is 2.37. The maximum absolute atomic E-state index is 12.4. The van der Waals surface area contributed by atoms with Gasteiger partial charge in [0.2, 0.25) is 0 Å². The Bertz CT molecular complexity index is 6370. The SMILES string of the molecule is C#CCNC(=O)c1ccc(OC(F)(F)F)cc1.CC(=O)C[C@H](C)CCCOc1ccccc1Cn1c(C)cnc1-c1ccc(OC(F)(F)F)cc1.Cc1ccccc1Cn1c(C)cnc1-c1ccc(OC(F)(F)F)cc1.Cc1cnc(-c2ccc(OC(F)(F)F)cc2)n1Cc1ccccc1O.Cc1cnc(-c2ccc(OC(F)(F)F)cc2)n1Cc1ccccc1OCCC[C@@H](C)CC(=O)O.O=C(O)c1ccc(OC(F)(F)F)cc1. The van der Waals surface area contributed by atoms with Crippen molar-refractivity contribution >= 4 is 23.6 Å². The number of ether oxygens (including phenoxy) is 8.